The molecule has 2 N–H and O–H groups in total. The van der Waals surface area contributed by atoms with E-state index in [0.29, 0.717) is 36.3 Å². The Morgan fingerprint density at radius 3 is 2.86 bits per heavy atom. The van der Waals surface area contributed by atoms with Crippen molar-refractivity contribution in [1.29, 1.82) is 0 Å². The molecule has 2 bridgehead atoms. The molecule has 4 heterocycles. The summed E-state index contributed by atoms with van der Waals surface area (Å²) < 4.78 is 24.1. The zero-order valence-electron chi connectivity index (χ0n) is 17.1. The van der Waals surface area contributed by atoms with Crippen LogP contribution in [0.3, 0.4) is 0 Å². The molecule has 7 heteroatoms. The monoisotopic (exact) mass is 406 g/mol. The van der Waals surface area contributed by atoms with Gasteiger partial charge in [-0.25, -0.2) is 4.79 Å². The summed E-state index contributed by atoms with van der Waals surface area (Å²) in [6.07, 6.45) is 5.52. The molecule has 3 fully saturated rings. The van der Waals surface area contributed by atoms with Crippen LogP contribution in [0.4, 0.5) is 0 Å². The first-order valence-electron chi connectivity index (χ1n) is 11.0. The summed E-state index contributed by atoms with van der Waals surface area (Å²) in [7, 11) is 0. The number of aliphatic hydroxyl groups excluding tert-OH is 1. The molecule has 7 atom stereocenters. The Hall–Kier alpha value is -1.41. The van der Waals surface area contributed by atoms with Gasteiger partial charge in [-0.3, -0.25) is 0 Å². The molecule has 3 aliphatic heterocycles. The molecule has 29 heavy (non-hydrogen) atoms. The van der Waals surface area contributed by atoms with Crippen LogP contribution >= 0.6 is 0 Å². The third-order valence-corrected chi connectivity index (χ3v) is 7.23. The minimum absolute atomic E-state index is 0.0714. The summed E-state index contributed by atoms with van der Waals surface area (Å²) >= 11 is 0. The number of hydrogen-bond acceptors (Lipinski definition) is 7. The van der Waals surface area contributed by atoms with Gasteiger partial charge in [0.15, 0.2) is 5.79 Å². The zero-order chi connectivity index (χ0) is 20.4. The van der Waals surface area contributed by atoms with Crippen LogP contribution in [-0.2, 0) is 9.47 Å². The highest BCUT2D eigenvalue weighted by molar-refractivity contribution is 5.40. The van der Waals surface area contributed by atoms with E-state index < -0.39 is 29.2 Å². The van der Waals surface area contributed by atoms with Gasteiger partial charge in [0.1, 0.15) is 17.6 Å². The summed E-state index contributed by atoms with van der Waals surface area (Å²) in [5.74, 6) is -3.18. The van der Waals surface area contributed by atoms with E-state index in [9.17, 15) is 15.0 Å². The van der Waals surface area contributed by atoms with Gasteiger partial charge in [0, 0.05) is 18.4 Å². The van der Waals surface area contributed by atoms with Gasteiger partial charge in [-0.2, -0.15) is 0 Å². The van der Waals surface area contributed by atoms with Crippen molar-refractivity contribution in [3.05, 3.63) is 27.8 Å². The standard InChI is InChI=1S/C22H30O7/c1-3-4-5-6-7-14-15-11-13-18-16(10-12(2)26-20(18)24)29-22(25)17(23)8-9-21(27-14,28-15)19(13)22/h10,13-15,17,19,23,25H,3-9,11H2,1-2H3/t13-,14-,15-,17+,19+,21+,22+/m0/s1. The van der Waals surface area contributed by atoms with Crippen LogP contribution in [0.15, 0.2) is 15.3 Å². The van der Waals surface area contributed by atoms with E-state index >= 15 is 0 Å². The largest absolute Gasteiger partial charge is 0.458 e. The normalized spacial score (nSPS) is 42.1. The van der Waals surface area contributed by atoms with E-state index in [1.165, 1.54) is 12.8 Å². The molecule has 7 nitrogen and oxygen atoms in total. The fraction of sp³-hybridized carbons (Fsp3) is 0.773. The zero-order valence-corrected chi connectivity index (χ0v) is 17.1. The van der Waals surface area contributed by atoms with E-state index in [1.807, 2.05) is 0 Å². The Morgan fingerprint density at radius 1 is 1.24 bits per heavy atom. The Labute approximate surface area is 170 Å². The number of aryl methyl sites for hydroxylation is 1. The maximum atomic E-state index is 12.7. The lowest BCUT2D eigenvalue weighted by molar-refractivity contribution is -0.366. The Balaban J connectivity index is 1.54. The number of rotatable bonds is 5. The average Bonchev–Trinajstić information content (AvgIpc) is 2.93. The van der Waals surface area contributed by atoms with Crippen molar-refractivity contribution >= 4 is 0 Å². The lowest BCUT2D eigenvalue weighted by Gasteiger charge is -2.57. The van der Waals surface area contributed by atoms with Crippen molar-refractivity contribution in [3.63, 3.8) is 0 Å². The molecule has 160 valence electrons. The van der Waals surface area contributed by atoms with Crippen LogP contribution in [0.1, 0.15) is 75.5 Å². The summed E-state index contributed by atoms with van der Waals surface area (Å²) in [5, 5.41) is 22.2. The molecular weight excluding hydrogens is 376 g/mol. The van der Waals surface area contributed by atoms with Crippen molar-refractivity contribution < 1.29 is 28.8 Å². The van der Waals surface area contributed by atoms with E-state index in [0.717, 1.165) is 19.3 Å². The van der Waals surface area contributed by atoms with Gasteiger partial charge < -0.3 is 28.8 Å². The summed E-state index contributed by atoms with van der Waals surface area (Å²) in [5.41, 5.74) is -0.00431. The smallest absolute Gasteiger partial charge is 0.343 e. The molecule has 1 aromatic heterocycles. The highest BCUT2D eigenvalue weighted by atomic mass is 16.8. The Bertz CT molecular complexity index is 850. The van der Waals surface area contributed by atoms with Crippen LogP contribution in [0.25, 0.3) is 0 Å². The summed E-state index contributed by atoms with van der Waals surface area (Å²) in [4.78, 5) is 12.7. The number of hydrogen-bond donors (Lipinski definition) is 2. The van der Waals surface area contributed by atoms with Crippen LogP contribution in [0.5, 0.6) is 5.75 Å². The van der Waals surface area contributed by atoms with Crippen LogP contribution < -0.4 is 10.4 Å². The minimum atomic E-state index is -1.85. The first-order valence-corrected chi connectivity index (χ1v) is 11.0. The summed E-state index contributed by atoms with van der Waals surface area (Å²) in [6, 6.07) is 1.62. The maximum Gasteiger partial charge on any atom is 0.343 e. The molecule has 0 radical (unpaired) electrons. The molecule has 0 amide bonds. The highest BCUT2D eigenvalue weighted by Gasteiger charge is 2.72. The minimum Gasteiger partial charge on any atom is -0.458 e. The van der Waals surface area contributed by atoms with Crippen LogP contribution in [-0.4, -0.2) is 40.1 Å². The van der Waals surface area contributed by atoms with Gasteiger partial charge in [0.25, 0.3) is 0 Å². The van der Waals surface area contributed by atoms with Gasteiger partial charge in [0.2, 0.25) is 5.79 Å². The summed E-state index contributed by atoms with van der Waals surface area (Å²) in [6.45, 7) is 3.85. The lowest BCUT2D eigenvalue weighted by atomic mass is 9.64. The van der Waals surface area contributed by atoms with Crippen molar-refractivity contribution in [2.75, 3.05) is 0 Å². The molecule has 2 saturated heterocycles. The van der Waals surface area contributed by atoms with Crippen LogP contribution in [0.2, 0.25) is 0 Å². The highest BCUT2D eigenvalue weighted by Crippen LogP contribution is 2.62. The van der Waals surface area contributed by atoms with Crippen molar-refractivity contribution in [2.24, 2.45) is 5.92 Å². The molecule has 4 aliphatic rings. The number of ether oxygens (including phenoxy) is 3. The van der Waals surface area contributed by atoms with Gasteiger partial charge in [-0.15, -0.1) is 0 Å². The molecule has 1 spiro atoms. The number of fused-ring (bicyclic) bond motifs is 3. The molecule has 1 aliphatic carbocycles. The predicted octanol–water partition coefficient (Wildman–Crippen LogP) is 2.74. The van der Waals surface area contributed by atoms with Gasteiger partial charge >= 0.3 is 5.63 Å². The second-order valence-corrected chi connectivity index (χ2v) is 9.12. The quantitative estimate of drug-likeness (QED) is 0.726. The lowest BCUT2D eigenvalue weighted by Crippen LogP contribution is -2.70. The molecule has 0 unspecified atom stereocenters. The molecule has 0 aromatic carbocycles. The number of unbranched alkanes of at least 4 members (excludes halogenated alkanes) is 3. The van der Waals surface area contributed by atoms with Gasteiger partial charge in [-0.05, 0) is 26.2 Å². The van der Waals surface area contributed by atoms with E-state index in [-0.39, 0.29) is 18.1 Å². The van der Waals surface area contributed by atoms with E-state index in [4.69, 9.17) is 18.6 Å². The molecule has 1 saturated carbocycles. The second kappa shape index (κ2) is 6.80. The third kappa shape index (κ3) is 2.81. The molecule has 1 aromatic rings. The predicted molar refractivity (Wildman–Crippen MR) is 103 cm³/mol. The Morgan fingerprint density at radius 2 is 2.07 bits per heavy atom. The van der Waals surface area contributed by atoms with Crippen molar-refractivity contribution in [1.82, 2.24) is 0 Å². The SMILES string of the molecule is CCCCCC[C@@H]1O[C@]23CC[C@@H](O)[C@@]4(O)Oc5cc(C)oc(=O)c5[C@H](C[C@@H]1O2)[C@H]34. The topological polar surface area (TPSA) is 98.4 Å². The van der Waals surface area contributed by atoms with E-state index in [1.54, 1.807) is 13.0 Å². The Kier molecular flexibility index (Phi) is 4.59. The number of aliphatic hydroxyl groups is 2. The van der Waals surface area contributed by atoms with Crippen molar-refractivity contribution in [3.8, 4) is 5.75 Å². The second-order valence-electron chi connectivity index (χ2n) is 9.12. The van der Waals surface area contributed by atoms with Crippen LogP contribution in [0, 0.1) is 12.8 Å². The first kappa shape index (κ1) is 19.5. The van der Waals surface area contributed by atoms with E-state index in [2.05, 4.69) is 6.92 Å². The maximum absolute atomic E-state index is 12.7. The fourth-order valence-electron chi connectivity index (χ4n) is 5.98. The fourth-order valence-corrected chi connectivity index (χ4v) is 5.98. The molecule has 5 rings (SSSR count). The van der Waals surface area contributed by atoms with Gasteiger partial charge in [0.05, 0.1) is 23.7 Å². The third-order valence-electron chi connectivity index (χ3n) is 7.23. The first-order chi connectivity index (χ1) is 13.9. The molecular formula is C22H30O7. The van der Waals surface area contributed by atoms with Gasteiger partial charge in [-0.1, -0.05) is 32.6 Å². The van der Waals surface area contributed by atoms with Crippen molar-refractivity contribution in [2.45, 2.75) is 101 Å². The average molecular weight is 406 g/mol.